The van der Waals surface area contributed by atoms with E-state index in [0.29, 0.717) is 17.7 Å². The second-order valence-electron chi connectivity index (χ2n) is 5.08. The maximum Gasteiger partial charge on any atom is 0.292 e. The molecule has 0 aliphatic carbocycles. The number of hydrogen-bond donors (Lipinski definition) is 3. The number of nitro groups is 1. The van der Waals surface area contributed by atoms with Gasteiger partial charge in [-0.3, -0.25) is 10.1 Å². The van der Waals surface area contributed by atoms with Crippen molar-refractivity contribution in [1.29, 1.82) is 0 Å². The molecule has 0 spiro atoms. The topological polar surface area (TPSA) is 95.6 Å². The number of nitrogens with one attached hydrogen (secondary N) is 1. The van der Waals surface area contributed by atoms with Crippen molar-refractivity contribution in [1.82, 2.24) is 0 Å². The van der Waals surface area contributed by atoms with E-state index in [1.807, 2.05) is 24.4 Å². The first-order chi connectivity index (χ1) is 10.5. The molecule has 0 saturated carbocycles. The number of rotatable bonds is 7. The fourth-order valence-electron chi connectivity index (χ4n) is 2.21. The first-order valence-electron chi connectivity index (χ1n) is 6.87. The summed E-state index contributed by atoms with van der Waals surface area (Å²) in [5, 5.41) is 35.3. The Hall–Kier alpha value is -1.96. The third-order valence-electron chi connectivity index (χ3n) is 3.29. The van der Waals surface area contributed by atoms with Crippen molar-refractivity contribution in [3.63, 3.8) is 0 Å². The molecule has 1 heterocycles. The van der Waals surface area contributed by atoms with Crippen LogP contribution in [0.4, 0.5) is 11.4 Å². The molecule has 3 N–H and O–H groups in total. The normalized spacial score (nSPS) is 13.6. The standard InChI is InChI=1S/C15H18N2O4S/c1-10(7-14(19)15-3-2-6-22-15)16-12-8-11(9-18)4-5-13(12)17(20)21/h2-6,8,10,14,16,18-19H,7,9H2,1H3. The first kappa shape index (κ1) is 16.4. The van der Waals surface area contributed by atoms with E-state index >= 15 is 0 Å². The van der Waals surface area contributed by atoms with Gasteiger partial charge in [0.05, 0.1) is 17.6 Å². The molecule has 2 aromatic rings. The number of aliphatic hydroxyl groups is 2. The van der Waals surface area contributed by atoms with Gasteiger partial charge in [0, 0.05) is 17.0 Å². The third-order valence-corrected chi connectivity index (χ3v) is 4.26. The van der Waals surface area contributed by atoms with E-state index in [9.17, 15) is 15.2 Å². The predicted molar refractivity (Wildman–Crippen MR) is 86.0 cm³/mol. The largest absolute Gasteiger partial charge is 0.392 e. The van der Waals surface area contributed by atoms with Gasteiger partial charge < -0.3 is 15.5 Å². The zero-order valence-electron chi connectivity index (χ0n) is 12.1. The van der Waals surface area contributed by atoms with Crippen LogP contribution >= 0.6 is 11.3 Å². The number of nitrogens with zero attached hydrogens (tertiary/aromatic N) is 1. The Labute approximate surface area is 132 Å². The summed E-state index contributed by atoms with van der Waals surface area (Å²) in [4.78, 5) is 11.5. The smallest absolute Gasteiger partial charge is 0.292 e. The van der Waals surface area contributed by atoms with E-state index in [-0.39, 0.29) is 18.3 Å². The lowest BCUT2D eigenvalue weighted by atomic mass is 10.1. The predicted octanol–water partition coefficient (Wildman–Crippen LogP) is 3.07. The van der Waals surface area contributed by atoms with Crippen molar-refractivity contribution < 1.29 is 15.1 Å². The summed E-state index contributed by atoms with van der Waals surface area (Å²) in [6.45, 7) is 1.67. The Bertz CT molecular complexity index is 630. The van der Waals surface area contributed by atoms with Crippen LogP contribution in [0.25, 0.3) is 0 Å². The third kappa shape index (κ3) is 4.03. The Morgan fingerprint density at radius 2 is 2.18 bits per heavy atom. The van der Waals surface area contributed by atoms with Crippen molar-refractivity contribution in [3.8, 4) is 0 Å². The van der Waals surface area contributed by atoms with Gasteiger partial charge in [0.1, 0.15) is 5.69 Å². The van der Waals surface area contributed by atoms with E-state index < -0.39 is 11.0 Å². The van der Waals surface area contributed by atoms with Crippen molar-refractivity contribution in [2.45, 2.75) is 32.1 Å². The highest BCUT2D eigenvalue weighted by molar-refractivity contribution is 7.10. The molecule has 0 bridgehead atoms. The Balaban J connectivity index is 2.10. The van der Waals surface area contributed by atoms with E-state index in [0.717, 1.165) is 4.88 Å². The van der Waals surface area contributed by atoms with Gasteiger partial charge in [-0.25, -0.2) is 0 Å². The minimum absolute atomic E-state index is 0.0466. The molecule has 2 atom stereocenters. The maximum absolute atomic E-state index is 11.1. The van der Waals surface area contributed by atoms with Gasteiger partial charge in [-0.1, -0.05) is 6.07 Å². The lowest BCUT2D eigenvalue weighted by molar-refractivity contribution is -0.384. The van der Waals surface area contributed by atoms with Crippen LogP contribution in [0.15, 0.2) is 35.7 Å². The van der Waals surface area contributed by atoms with Gasteiger partial charge in [0.2, 0.25) is 0 Å². The molecule has 0 saturated heterocycles. The molecule has 6 nitrogen and oxygen atoms in total. The zero-order chi connectivity index (χ0) is 16.1. The average Bonchev–Trinajstić information content (AvgIpc) is 3.00. The van der Waals surface area contributed by atoms with Crippen molar-refractivity contribution in [2.24, 2.45) is 0 Å². The van der Waals surface area contributed by atoms with E-state index in [1.165, 1.54) is 23.5 Å². The fraction of sp³-hybridized carbons (Fsp3) is 0.333. The van der Waals surface area contributed by atoms with Crippen LogP contribution in [0.2, 0.25) is 0 Å². The molecule has 22 heavy (non-hydrogen) atoms. The summed E-state index contributed by atoms with van der Waals surface area (Å²) in [5.74, 6) is 0. The van der Waals surface area contributed by atoms with Gasteiger partial charge in [-0.05, 0) is 42.5 Å². The lowest BCUT2D eigenvalue weighted by Gasteiger charge is -2.18. The highest BCUT2D eigenvalue weighted by Gasteiger charge is 2.18. The van der Waals surface area contributed by atoms with Crippen molar-refractivity contribution >= 4 is 22.7 Å². The second kappa shape index (κ2) is 7.35. The molecule has 2 rings (SSSR count). The van der Waals surface area contributed by atoms with E-state index in [1.54, 1.807) is 6.07 Å². The number of benzene rings is 1. The average molecular weight is 322 g/mol. The summed E-state index contributed by atoms with van der Waals surface area (Å²) < 4.78 is 0. The molecule has 0 aliphatic rings. The molecule has 7 heteroatoms. The molecule has 0 fully saturated rings. The highest BCUT2D eigenvalue weighted by Crippen LogP contribution is 2.29. The maximum atomic E-state index is 11.1. The monoisotopic (exact) mass is 322 g/mol. The van der Waals surface area contributed by atoms with Crippen LogP contribution in [0.5, 0.6) is 0 Å². The molecule has 1 aromatic carbocycles. The minimum Gasteiger partial charge on any atom is -0.392 e. The van der Waals surface area contributed by atoms with Gasteiger partial charge >= 0.3 is 0 Å². The van der Waals surface area contributed by atoms with Crippen LogP contribution in [-0.2, 0) is 6.61 Å². The summed E-state index contributed by atoms with van der Waals surface area (Å²) >= 11 is 1.47. The SMILES string of the molecule is CC(CC(O)c1cccs1)Nc1cc(CO)ccc1[N+](=O)[O-]. The summed E-state index contributed by atoms with van der Waals surface area (Å²) in [7, 11) is 0. The summed E-state index contributed by atoms with van der Waals surface area (Å²) in [6, 6.07) is 8.02. The molecule has 0 aliphatic heterocycles. The number of thiophene rings is 1. The van der Waals surface area contributed by atoms with Crippen molar-refractivity contribution in [3.05, 3.63) is 56.3 Å². The van der Waals surface area contributed by atoms with Gasteiger partial charge in [0.15, 0.2) is 0 Å². The molecule has 0 radical (unpaired) electrons. The summed E-state index contributed by atoms with van der Waals surface area (Å²) in [6.07, 6.45) is -0.177. The number of anilines is 1. The van der Waals surface area contributed by atoms with Gasteiger partial charge in [-0.2, -0.15) is 0 Å². The van der Waals surface area contributed by atoms with Crippen molar-refractivity contribution in [2.75, 3.05) is 5.32 Å². The Morgan fingerprint density at radius 3 is 2.77 bits per heavy atom. The Morgan fingerprint density at radius 1 is 1.41 bits per heavy atom. The van der Waals surface area contributed by atoms with Crippen LogP contribution in [0, 0.1) is 10.1 Å². The molecule has 118 valence electrons. The molecule has 1 aromatic heterocycles. The lowest BCUT2D eigenvalue weighted by Crippen LogP contribution is -2.19. The molecule has 2 unspecified atom stereocenters. The molecular weight excluding hydrogens is 304 g/mol. The van der Waals surface area contributed by atoms with Gasteiger partial charge in [-0.15, -0.1) is 11.3 Å². The molecule has 0 amide bonds. The fourth-order valence-corrected chi connectivity index (χ4v) is 2.94. The van der Waals surface area contributed by atoms with E-state index in [4.69, 9.17) is 5.11 Å². The molecular formula is C15H18N2O4S. The quantitative estimate of drug-likeness (QED) is 0.538. The van der Waals surface area contributed by atoms with E-state index in [2.05, 4.69) is 5.32 Å². The number of aliphatic hydroxyl groups excluding tert-OH is 2. The van der Waals surface area contributed by atoms with Crippen LogP contribution < -0.4 is 5.32 Å². The first-order valence-corrected chi connectivity index (χ1v) is 7.75. The van der Waals surface area contributed by atoms with Gasteiger partial charge in [0.25, 0.3) is 5.69 Å². The Kier molecular flexibility index (Phi) is 5.48. The van der Waals surface area contributed by atoms with Crippen LogP contribution in [-0.4, -0.2) is 21.2 Å². The second-order valence-corrected chi connectivity index (χ2v) is 6.06. The highest BCUT2D eigenvalue weighted by atomic mass is 32.1. The summed E-state index contributed by atoms with van der Waals surface area (Å²) in [5.41, 5.74) is 0.899. The van der Waals surface area contributed by atoms with Crippen LogP contribution in [0.3, 0.4) is 0 Å². The number of hydrogen-bond acceptors (Lipinski definition) is 6. The minimum atomic E-state index is -0.609. The number of nitro benzene ring substituents is 1. The zero-order valence-corrected chi connectivity index (χ0v) is 12.9. The van der Waals surface area contributed by atoms with Crippen LogP contribution in [0.1, 0.15) is 29.9 Å².